The van der Waals surface area contributed by atoms with Crippen LogP contribution in [0.15, 0.2) is 48.5 Å². The van der Waals surface area contributed by atoms with Crippen molar-refractivity contribution in [1.29, 1.82) is 0 Å². The molecule has 13 heteroatoms. The van der Waals surface area contributed by atoms with E-state index in [9.17, 15) is 0 Å². The van der Waals surface area contributed by atoms with Crippen LogP contribution in [0.25, 0.3) is 0 Å². The number of hydrogen-bond acceptors (Lipinski definition) is 10. The molecule has 11 nitrogen and oxygen atoms in total. The minimum atomic E-state index is 0.187. The maximum absolute atomic E-state index is 5.61. The van der Waals surface area contributed by atoms with Gasteiger partial charge in [0.05, 0.1) is 37.0 Å². The van der Waals surface area contributed by atoms with E-state index in [0.717, 1.165) is 49.0 Å². The van der Waals surface area contributed by atoms with Gasteiger partial charge in [0, 0.05) is 31.9 Å². The summed E-state index contributed by atoms with van der Waals surface area (Å²) in [4.78, 5) is 22.2. The van der Waals surface area contributed by atoms with Crippen molar-refractivity contribution in [3.8, 4) is 17.5 Å². The van der Waals surface area contributed by atoms with Crippen LogP contribution in [0.4, 0.5) is 17.3 Å². The van der Waals surface area contributed by atoms with Crippen LogP contribution >= 0.6 is 24.4 Å². The number of anilines is 3. The Morgan fingerprint density at radius 3 is 1.66 bits per heavy atom. The van der Waals surface area contributed by atoms with E-state index in [4.69, 9.17) is 38.6 Å². The van der Waals surface area contributed by atoms with E-state index in [1.165, 1.54) is 23.9 Å². The molecule has 248 valence electrons. The predicted molar refractivity (Wildman–Crippen MR) is 195 cm³/mol. The van der Waals surface area contributed by atoms with Crippen LogP contribution in [0, 0.1) is 41.5 Å². The third-order valence-electron chi connectivity index (χ3n) is 7.47. The summed E-state index contributed by atoms with van der Waals surface area (Å²) in [5.41, 5.74) is 7.20. The Kier molecular flexibility index (Phi) is 12.2. The summed E-state index contributed by atoms with van der Waals surface area (Å²) in [6.45, 7) is 15.5. The third kappa shape index (κ3) is 9.69. The molecule has 1 saturated heterocycles. The van der Waals surface area contributed by atoms with Gasteiger partial charge in [-0.05, 0) is 101 Å². The number of nitrogens with one attached hydrogen (secondary N) is 2. The van der Waals surface area contributed by atoms with Gasteiger partial charge in [-0.3, -0.25) is 5.32 Å². The molecular formula is C34H42N8O3S2. The largest absolute Gasteiger partial charge is 0.478 e. The molecule has 0 unspecified atom stereocenters. The molecule has 0 spiro atoms. The van der Waals surface area contributed by atoms with Crippen molar-refractivity contribution in [2.75, 3.05) is 55.9 Å². The molecule has 4 aromatic rings. The SMILES string of the molecule is COc1nc(C)c(C)nc1NC(=S)N1CCN(c2cc(C)cc(C)c2)CC1.COc1nc(C)c(C)nc1NC(=S)Oc1ccccc1. The lowest BCUT2D eigenvalue weighted by atomic mass is 10.1. The van der Waals surface area contributed by atoms with Crippen LogP contribution in [0.1, 0.15) is 33.9 Å². The number of aryl methyl sites for hydroxylation is 6. The summed E-state index contributed by atoms with van der Waals surface area (Å²) >= 11 is 10.8. The molecule has 1 aliphatic rings. The van der Waals surface area contributed by atoms with Gasteiger partial charge in [0.1, 0.15) is 5.75 Å². The Morgan fingerprint density at radius 1 is 0.660 bits per heavy atom. The Labute approximate surface area is 287 Å². The van der Waals surface area contributed by atoms with Gasteiger partial charge in [0.15, 0.2) is 16.7 Å². The predicted octanol–water partition coefficient (Wildman–Crippen LogP) is 6.12. The van der Waals surface area contributed by atoms with Crippen LogP contribution < -0.4 is 29.7 Å². The minimum absolute atomic E-state index is 0.187. The fourth-order valence-electron chi connectivity index (χ4n) is 4.81. The number of nitrogens with zero attached hydrogens (tertiary/aromatic N) is 6. The molecule has 1 fully saturated rings. The van der Waals surface area contributed by atoms with Crippen LogP contribution in [-0.2, 0) is 0 Å². The van der Waals surface area contributed by atoms with Gasteiger partial charge in [-0.2, -0.15) is 0 Å². The molecule has 0 atom stereocenters. The molecule has 0 radical (unpaired) electrons. The summed E-state index contributed by atoms with van der Waals surface area (Å²) < 4.78 is 16.0. The van der Waals surface area contributed by atoms with Crippen LogP contribution in [0.5, 0.6) is 17.5 Å². The smallest absolute Gasteiger partial charge is 0.268 e. The second-order valence-electron chi connectivity index (χ2n) is 11.1. The molecule has 0 saturated carbocycles. The van der Waals surface area contributed by atoms with Gasteiger partial charge in [0.25, 0.3) is 16.9 Å². The van der Waals surface area contributed by atoms with E-state index in [-0.39, 0.29) is 5.17 Å². The second kappa shape index (κ2) is 16.3. The number of aromatic nitrogens is 4. The zero-order chi connectivity index (χ0) is 34.1. The summed E-state index contributed by atoms with van der Waals surface area (Å²) in [5, 5.41) is 6.95. The fraction of sp³-hybridized carbons (Fsp3) is 0.353. The average Bonchev–Trinajstić information content (AvgIpc) is 3.04. The molecule has 3 heterocycles. The molecule has 2 aromatic heterocycles. The topological polar surface area (TPSA) is 110 Å². The number of rotatable bonds is 6. The normalized spacial score (nSPS) is 12.4. The van der Waals surface area contributed by atoms with Gasteiger partial charge >= 0.3 is 0 Å². The molecule has 0 aliphatic carbocycles. The Bertz CT molecular complexity index is 1690. The first-order chi connectivity index (χ1) is 22.5. The number of ether oxygens (including phenoxy) is 3. The summed E-state index contributed by atoms with van der Waals surface area (Å²) in [7, 11) is 3.13. The highest BCUT2D eigenvalue weighted by molar-refractivity contribution is 7.80. The van der Waals surface area contributed by atoms with Crippen LogP contribution in [0.2, 0.25) is 0 Å². The molecular weight excluding hydrogens is 633 g/mol. The quantitative estimate of drug-likeness (QED) is 0.230. The third-order valence-corrected chi connectivity index (χ3v) is 8.02. The first-order valence-electron chi connectivity index (χ1n) is 15.2. The van der Waals surface area contributed by atoms with E-state index < -0.39 is 0 Å². The highest BCUT2D eigenvalue weighted by atomic mass is 32.1. The van der Waals surface area contributed by atoms with E-state index in [1.807, 2.05) is 58.0 Å². The second-order valence-corrected chi connectivity index (χ2v) is 11.8. The van der Waals surface area contributed by atoms with Gasteiger partial charge in [-0.15, -0.1) is 0 Å². The molecule has 2 N–H and O–H groups in total. The van der Waals surface area contributed by atoms with Crippen molar-refractivity contribution in [1.82, 2.24) is 24.8 Å². The van der Waals surface area contributed by atoms with E-state index in [0.29, 0.717) is 34.3 Å². The lowest BCUT2D eigenvalue weighted by molar-refractivity contribution is 0.387. The summed E-state index contributed by atoms with van der Waals surface area (Å²) in [6, 6.07) is 16.0. The standard InChI is InChI=1S/C20H27N5OS.C14H15N3O2S/c1-13-10-14(2)12-17(11-13)24-6-8-25(9-7-24)20(27)23-18-19(26-5)22-16(4)15(3)21-18;1-9-10(2)16-13(18-3)12(15-9)17-14(20)19-11-7-5-4-6-8-11/h10-12H,6-9H2,1-5H3,(H,21,23,27);4-8H,1-3H3,(H,15,17,20). The van der Waals surface area contributed by atoms with Crippen LogP contribution in [-0.4, -0.2) is 75.5 Å². The van der Waals surface area contributed by atoms with Gasteiger partial charge in [-0.1, -0.05) is 24.3 Å². The van der Waals surface area contributed by atoms with Crippen molar-refractivity contribution in [3.63, 3.8) is 0 Å². The minimum Gasteiger partial charge on any atom is -0.478 e. The number of thiocarbonyl (C=S) groups is 2. The van der Waals surface area contributed by atoms with Gasteiger partial charge < -0.3 is 29.3 Å². The lowest BCUT2D eigenvalue weighted by Crippen LogP contribution is -2.50. The monoisotopic (exact) mass is 674 g/mol. The maximum atomic E-state index is 5.61. The Morgan fingerprint density at radius 2 is 1.15 bits per heavy atom. The number of benzene rings is 2. The summed E-state index contributed by atoms with van der Waals surface area (Å²) in [5.74, 6) is 2.51. The Hall–Kier alpha value is -4.62. The molecule has 47 heavy (non-hydrogen) atoms. The zero-order valence-electron chi connectivity index (χ0n) is 28.2. The van der Waals surface area contributed by atoms with Gasteiger partial charge in [0.2, 0.25) is 0 Å². The molecule has 5 rings (SSSR count). The number of piperazine rings is 1. The number of para-hydroxylation sites is 1. The van der Waals surface area contributed by atoms with E-state index >= 15 is 0 Å². The van der Waals surface area contributed by atoms with E-state index in [1.54, 1.807) is 7.11 Å². The lowest BCUT2D eigenvalue weighted by Gasteiger charge is -2.37. The number of methoxy groups -OCH3 is 2. The van der Waals surface area contributed by atoms with E-state index in [2.05, 4.69) is 72.4 Å². The molecule has 1 aliphatic heterocycles. The van der Waals surface area contributed by atoms with Gasteiger partial charge in [-0.25, -0.2) is 19.9 Å². The van der Waals surface area contributed by atoms with Crippen molar-refractivity contribution < 1.29 is 14.2 Å². The zero-order valence-corrected chi connectivity index (χ0v) is 29.8. The highest BCUT2D eigenvalue weighted by Gasteiger charge is 2.21. The number of hydrogen-bond donors (Lipinski definition) is 2. The average molecular weight is 675 g/mol. The Balaban J connectivity index is 0.000000223. The molecule has 2 aromatic carbocycles. The first kappa shape index (κ1) is 35.2. The van der Waals surface area contributed by atoms with Crippen molar-refractivity contribution >= 4 is 52.0 Å². The van der Waals surface area contributed by atoms with Crippen molar-refractivity contribution in [2.24, 2.45) is 0 Å². The van der Waals surface area contributed by atoms with Crippen LogP contribution in [0.3, 0.4) is 0 Å². The first-order valence-corrected chi connectivity index (χ1v) is 16.0. The molecule has 0 amide bonds. The van der Waals surface area contributed by atoms with Crippen molar-refractivity contribution in [2.45, 2.75) is 41.5 Å². The summed E-state index contributed by atoms with van der Waals surface area (Å²) in [6.07, 6.45) is 0. The maximum Gasteiger partial charge on any atom is 0.268 e. The molecule has 0 bridgehead atoms. The fourth-order valence-corrected chi connectivity index (χ4v) is 5.28. The van der Waals surface area contributed by atoms with Crippen molar-refractivity contribution in [3.05, 3.63) is 82.4 Å². The highest BCUT2D eigenvalue weighted by Crippen LogP contribution is 2.24.